The minimum Gasteiger partial charge on any atom is -0.384 e. The highest BCUT2D eigenvalue weighted by Gasteiger charge is 2.31. The summed E-state index contributed by atoms with van der Waals surface area (Å²) in [6.45, 7) is 2.89. The van der Waals surface area contributed by atoms with Gasteiger partial charge in [0.25, 0.3) is 0 Å². The average molecular weight is 258 g/mol. The minimum absolute atomic E-state index is 0.0237. The standard InChI is InChI=1S/C16H22N2O/c1-2-12(9-11-7-8-11)18-16(19)14-10-17-15-6-4-3-5-13(14)15/h3-6,11-12,14,17H,2,7-10H2,1H3,(H,18,19). The molecule has 1 saturated carbocycles. The number of hydrogen-bond donors (Lipinski definition) is 2. The van der Waals surface area contributed by atoms with Gasteiger partial charge in [-0.3, -0.25) is 4.79 Å². The second-order valence-electron chi connectivity index (χ2n) is 5.81. The van der Waals surface area contributed by atoms with Gasteiger partial charge in [-0.2, -0.15) is 0 Å². The molecule has 0 saturated heterocycles. The Morgan fingerprint density at radius 1 is 1.42 bits per heavy atom. The number of para-hydroxylation sites is 1. The van der Waals surface area contributed by atoms with Crippen molar-refractivity contribution in [1.29, 1.82) is 0 Å². The normalized spacial score (nSPS) is 22.5. The van der Waals surface area contributed by atoms with E-state index in [1.54, 1.807) is 0 Å². The average Bonchev–Trinajstić information content (AvgIpc) is 3.14. The summed E-state index contributed by atoms with van der Waals surface area (Å²) in [4.78, 5) is 12.4. The van der Waals surface area contributed by atoms with Crippen LogP contribution in [-0.4, -0.2) is 18.5 Å². The molecule has 0 radical (unpaired) electrons. The molecule has 0 spiro atoms. The summed E-state index contributed by atoms with van der Waals surface area (Å²) in [6.07, 6.45) is 4.88. The monoisotopic (exact) mass is 258 g/mol. The Kier molecular flexibility index (Phi) is 3.45. The molecule has 3 rings (SSSR count). The number of carbonyl (C=O) groups excluding carboxylic acids is 1. The molecule has 0 bridgehead atoms. The Labute approximate surface area is 114 Å². The number of amides is 1. The van der Waals surface area contributed by atoms with E-state index in [0.29, 0.717) is 6.04 Å². The van der Waals surface area contributed by atoms with E-state index in [-0.39, 0.29) is 11.8 Å². The summed E-state index contributed by atoms with van der Waals surface area (Å²) in [5.41, 5.74) is 2.25. The van der Waals surface area contributed by atoms with Gasteiger partial charge in [0.05, 0.1) is 5.92 Å². The molecule has 1 aromatic carbocycles. The highest BCUT2D eigenvalue weighted by molar-refractivity contribution is 5.88. The molecule has 2 N–H and O–H groups in total. The molecule has 102 valence electrons. The quantitative estimate of drug-likeness (QED) is 0.852. The summed E-state index contributed by atoms with van der Waals surface area (Å²) in [7, 11) is 0. The first kappa shape index (κ1) is 12.5. The van der Waals surface area contributed by atoms with Crippen LogP contribution < -0.4 is 10.6 Å². The van der Waals surface area contributed by atoms with E-state index in [1.807, 2.05) is 18.2 Å². The number of nitrogens with one attached hydrogen (secondary N) is 2. The van der Waals surface area contributed by atoms with Crippen molar-refractivity contribution in [2.24, 2.45) is 5.92 Å². The highest BCUT2D eigenvalue weighted by Crippen LogP contribution is 2.35. The van der Waals surface area contributed by atoms with Crippen LogP contribution in [0.25, 0.3) is 0 Å². The third kappa shape index (κ3) is 2.75. The first-order chi connectivity index (χ1) is 9.28. The number of rotatable bonds is 5. The first-order valence-electron chi connectivity index (χ1n) is 7.41. The molecule has 2 unspecified atom stereocenters. The number of fused-ring (bicyclic) bond motifs is 1. The second kappa shape index (κ2) is 5.24. The lowest BCUT2D eigenvalue weighted by atomic mass is 9.99. The largest absolute Gasteiger partial charge is 0.384 e. The molecule has 1 aliphatic carbocycles. The van der Waals surface area contributed by atoms with Gasteiger partial charge in [0.2, 0.25) is 5.91 Å². The summed E-state index contributed by atoms with van der Waals surface area (Å²) < 4.78 is 0. The number of benzene rings is 1. The van der Waals surface area contributed by atoms with E-state index < -0.39 is 0 Å². The fraction of sp³-hybridized carbons (Fsp3) is 0.562. The van der Waals surface area contributed by atoms with Crippen molar-refractivity contribution in [3.8, 4) is 0 Å². The van der Waals surface area contributed by atoms with E-state index in [9.17, 15) is 4.79 Å². The van der Waals surface area contributed by atoms with Crippen LogP contribution in [0.2, 0.25) is 0 Å². The maximum Gasteiger partial charge on any atom is 0.229 e. The zero-order valence-electron chi connectivity index (χ0n) is 11.5. The van der Waals surface area contributed by atoms with Crippen LogP contribution in [-0.2, 0) is 4.79 Å². The van der Waals surface area contributed by atoms with Crippen LogP contribution in [0.5, 0.6) is 0 Å². The third-order valence-electron chi connectivity index (χ3n) is 4.30. The molecule has 2 atom stereocenters. The highest BCUT2D eigenvalue weighted by atomic mass is 16.2. The van der Waals surface area contributed by atoms with Crippen LogP contribution in [0.4, 0.5) is 5.69 Å². The Hall–Kier alpha value is -1.51. The predicted octanol–water partition coefficient (Wildman–Crippen LogP) is 2.89. The summed E-state index contributed by atoms with van der Waals surface area (Å²) in [5.74, 6) is 1.02. The lowest BCUT2D eigenvalue weighted by molar-refractivity contribution is -0.123. The number of hydrogen-bond acceptors (Lipinski definition) is 2. The van der Waals surface area contributed by atoms with Crippen molar-refractivity contribution in [3.05, 3.63) is 29.8 Å². The van der Waals surface area contributed by atoms with E-state index in [0.717, 1.165) is 36.6 Å². The molecule has 1 aliphatic heterocycles. The molecule has 0 aromatic heterocycles. The van der Waals surface area contributed by atoms with Crippen LogP contribution >= 0.6 is 0 Å². The van der Waals surface area contributed by atoms with Gasteiger partial charge in [0.1, 0.15) is 0 Å². The van der Waals surface area contributed by atoms with Crippen LogP contribution in [0.3, 0.4) is 0 Å². The molecule has 2 aliphatic rings. The molecule has 1 fully saturated rings. The van der Waals surface area contributed by atoms with Gasteiger partial charge >= 0.3 is 0 Å². The Morgan fingerprint density at radius 2 is 2.21 bits per heavy atom. The predicted molar refractivity (Wildman–Crippen MR) is 77.2 cm³/mol. The Balaban J connectivity index is 1.64. The molecule has 1 heterocycles. The Bertz CT molecular complexity index is 468. The molecule has 3 heteroatoms. The van der Waals surface area contributed by atoms with Gasteiger partial charge in [0, 0.05) is 18.3 Å². The number of carbonyl (C=O) groups is 1. The van der Waals surface area contributed by atoms with Gasteiger partial charge in [-0.25, -0.2) is 0 Å². The summed E-state index contributed by atoms with van der Waals surface area (Å²) in [6, 6.07) is 8.47. The zero-order chi connectivity index (χ0) is 13.2. The molecule has 19 heavy (non-hydrogen) atoms. The minimum atomic E-state index is -0.0237. The maximum atomic E-state index is 12.4. The fourth-order valence-corrected chi connectivity index (χ4v) is 2.90. The maximum absolute atomic E-state index is 12.4. The topological polar surface area (TPSA) is 41.1 Å². The molecular weight excluding hydrogens is 236 g/mol. The van der Waals surface area contributed by atoms with Crippen molar-refractivity contribution in [2.45, 2.75) is 44.6 Å². The van der Waals surface area contributed by atoms with Crippen molar-refractivity contribution in [2.75, 3.05) is 11.9 Å². The smallest absolute Gasteiger partial charge is 0.229 e. The first-order valence-corrected chi connectivity index (χ1v) is 7.41. The van der Waals surface area contributed by atoms with Gasteiger partial charge in [-0.15, -0.1) is 0 Å². The van der Waals surface area contributed by atoms with Crippen LogP contribution in [0, 0.1) is 5.92 Å². The van der Waals surface area contributed by atoms with Crippen molar-refractivity contribution in [1.82, 2.24) is 5.32 Å². The van der Waals surface area contributed by atoms with E-state index in [1.165, 1.54) is 12.8 Å². The fourth-order valence-electron chi connectivity index (χ4n) is 2.90. The lowest BCUT2D eigenvalue weighted by Crippen LogP contribution is -2.38. The van der Waals surface area contributed by atoms with E-state index >= 15 is 0 Å². The van der Waals surface area contributed by atoms with Gasteiger partial charge in [-0.1, -0.05) is 38.0 Å². The third-order valence-corrected chi connectivity index (χ3v) is 4.30. The SMILES string of the molecule is CCC(CC1CC1)NC(=O)C1CNc2ccccc21. The van der Waals surface area contributed by atoms with E-state index in [4.69, 9.17) is 0 Å². The molecular formula is C16H22N2O. The molecule has 3 nitrogen and oxygen atoms in total. The van der Waals surface area contributed by atoms with Gasteiger partial charge < -0.3 is 10.6 Å². The van der Waals surface area contributed by atoms with Crippen LogP contribution in [0.1, 0.15) is 44.1 Å². The summed E-state index contributed by atoms with van der Waals surface area (Å²) >= 11 is 0. The van der Waals surface area contributed by atoms with Gasteiger partial charge in [-0.05, 0) is 30.4 Å². The lowest BCUT2D eigenvalue weighted by Gasteiger charge is -2.19. The molecule has 1 aromatic rings. The van der Waals surface area contributed by atoms with Crippen molar-refractivity contribution >= 4 is 11.6 Å². The Morgan fingerprint density at radius 3 is 2.95 bits per heavy atom. The van der Waals surface area contributed by atoms with Crippen molar-refractivity contribution in [3.63, 3.8) is 0 Å². The second-order valence-corrected chi connectivity index (χ2v) is 5.81. The van der Waals surface area contributed by atoms with Gasteiger partial charge in [0.15, 0.2) is 0 Å². The number of anilines is 1. The summed E-state index contributed by atoms with van der Waals surface area (Å²) in [5, 5.41) is 6.56. The van der Waals surface area contributed by atoms with Crippen LogP contribution in [0.15, 0.2) is 24.3 Å². The molecule has 1 amide bonds. The zero-order valence-corrected chi connectivity index (χ0v) is 11.5. The van der Waals surface area contributed by atoms with E-state index in [2.05, 4.69) is 23.6 Å². The van der Waals surface area contributed by atoms with Crippen molar-refractivity contribution < 1.29 is 4.79 Å².